The number of carbonyl (C=O) groups excluding carboxylic acids is 1. The normalized spacial score (nSPS) is 15.5. The van der Waals surface area contributed by atoms with E-state index in [1.54, 1.807) is 48.2 Å². The van der Waals surface area contributed by atoms with Crippen LogP contribution in [-0.4, -0.2) is 59.0 Å². The van der Waals surface area contributed by atoms with Gasteiger partial charge in [0, 0.05) is 5.02 Å². The molecule has 1 aliphatic heterocycles. The highest BCUT2D eigenvalue weighted by Gasteiger charge is 2.31. The molecule has 0 radical (unpaired) electrons. The van der Waals surface area contributed by atoms with Crippen LogP contribution < -0.4 is 9.21 Å². The van der Waals surface area contributed by atoms with Crippen LogP contribution in [-0.2, 0) is 14.8 Å². The molecular formula is C20H25ClN3O3S+. The molecule has 1 N–H and O–H groups in total. The molecule has 3 rings (SSSR count). The molecule has 6 nitrogen and oxygen atoms in total. The number of amides is 1. The molecule has 0 spiro atoms. The van der Waals surface area contributed by atoms with Crippen molar-refractivity contribution in [3.63, 3.8) is 0 Å². The highest BCUT2D eigenvalue weighted by molar-refractivity contribution is 7.92. The number of rotatable bonds is 5. The lowest BCUT2D eigenvalue weighted by molar-refractivity contribution is -0.883. The summed E-state index contributed by atoms with van der Waals surface area (Å²) in [6.45, 7) is 4.46. The van der Waals surface area contributed by atoms with E-state index in [1.807, 2.05) is 0 Å². The van der Waals surface area contributed by atoms with Crippen LogP contribution >= 0.6 is 11.6 Å². The van der Waals surface area contributed by atoms with Gasteiger partial charge < -0.3 is 9.80 Å². The number of carbonyl (C=O) groups is 1. The van der Waals surface area contributed by atoms with Crippen LogP contribution in [0.3, 0.4) is 0 Å². The standard InChI is InChI=1S/C20H24ClN3O3S/c1-16-18(21)9-6-10-19(16)24(28(26,27)17-7-4-3-5-8-17)15-20(25)23-13-11-22(2)12-14-23/h3-10H,11-15H2,1-2H3/p+1. The van der Waals surface area contributed by atoms with Gasteiger partial charge in [-0.3, -0.25) is 9.10 Å². The Morgan fingerprint density at radius 2 is 1.75 bits per heavy atom. The van der Waals surface area contributed by atoms with Gasteiger partial charge in [0.25, 0.3) is 10.0 Å². The van der Waals surface area contributed by atoms with E-state index in [1.165, 1.54) is 21.3 Å². The summed E-state index contributed by atoms with van der Waals surface area (Å²) in [6.07, 6.45) is 0. The fourth-order valence-corrected chi connectivity index (χ4v) is 4.91. The molecule has 1 aliphatic rings. The lowest BCUT2D eigenvalue weighted by Crippen LogP contribution is -3.12. The van der Waals surface area contributed by atoms with Crippen LogP contribution in [0.1, 0.15) is 5.56 Å². The highest BCUT2D eigenvalue weighted by Crippen LogP contribution is 2.30. The molecule has 0 aliphatic carbocycles. The molecule has 0 aromatic heterocycles. The molecule has 1 fully saturated rings. The van der Waals surface area contributed by atoms with E-state index in [9.17, 15) is 13.2 Å². The van der Waals surface area contributed by atoms with Crippen molar-refractivity contribution in [1.82, 2.24) is 4.90 Å². The third-order valence-electron chi connectivity index (χ3n) is 5.09. The fourth-order valence-electron chi connectivity index (χ4n) is 3.25. The van der Waals surface area contributed by atoms with Crippen LogP contribution in [0, 0.1) is 6.92 Å². The second-order valence-corrected chi connectivity index (χ2v) is 9.32. The first-order valence-electron chi connectivity index (χ1n) is 9.22. The maximum atomic E-state index is 13.4. The molecular weight excluding hydrogens is 398 g/mol. The van der Waals surface area contributed by atoms with Crippen LogP contribution in [0.5, 0.6) is 0 Å². The minimum atomic E-state index is -3.92. The number of nitrogens with one attached hydrogen (secondary N) is 1. The Labute approximate surface area is 171 Å². The molecule has 0 saturated carbocycles. The predicted octanol–water partition coefficient (Wildman–Crippen LogP) is 1.20. The van der Waals surface area contributed by atoms with Crippen molar-refractivity contribution < 1.29 is 18.1 Å². The summed E-state index contributed by atoms with van der Waals surface area (Å²) >= 11 is 6.24. The van der Waals surface area contributed by atoms with Crippen molar-refractivity contribution >= 4 is 33.2 Å². The van der Waals surface area contributed by atoms with E-state index in [0.29, 0.717) is 29.4 Å². The van der Waals surface area contributed by atoms with Gasteiger partial charge in [-0.25, -0.2) is 8.42 Å². The van der Waals surface area contributed by atoms with E-state index in [4.69, 9.17) is 11.6 Å². The van der Waals surface area contributed by atoms with Gasteiger partial charge in [-0.2, -0.15) is 0 Å². The number of quaternary nitrogens is 1. The summed E-state index contributed by atoms with van der Waals surface area (Å²) in [4.78, 5) is 16.2. The zero-order valence-electron chi connectivity index (χ0n) is 16.1. The third kappa shape index (κ3) is 4.32. The average Bonchev–Trinajstić information content (AvgIpc) is 2.69. The lowest BCUT2D eigenvalue weighted by Gasteiger charge is -2.33. The number of halogens is 1. The van der Waals surface area contributed by atoms with Gasteiger partial charge in [0.15, 0.2) is 0 Å². The Morgan fingerprint density at radius 3 is 2.39 bits per heavy atom. The second kappa shape index (κ2) is 8.51. The van der Waals surface area contributed by atoms with Gasteiger partial charge >= 0.3 is 0 Å². The summed E-state index contributed by atoms with van der Waals surface area (Å²) in [5, 5.41) is 0.460. The number of hydrogen-bond donors (Lipinski definition) is 1. The molecule has 8 heteroatoms. The zero-order valence-corrected chi connectivity index (χ0v) is 17.6. The molecule has 0 unspecified atom stereocenters. The number of nitrogens with zero attached hydrogens (tertiary/aromatic N) is 2. The smallest absolute Gasteiger partial charge is 0.264 e. The average molecular weight is 423 g/mol. The number of sulfonamides is 1. The number of likely N-dealkylation sites (N-methyl/N-ethyl adjacent to an activating group) is 1. The number of benzene rings is 2. The first-order valence-corrected chi connectivity index (χ1v) is 11.0. The van der Waals surface area contributed by atoms with Gasteiger partial charge in [-0.05, 0) is 36.8 Å². The third-order valence-corrected chi connectivity index (χ3v) is 7.27. The molecule has 1 amide bonds. The Morgan fingerprint density at radius 1 is 1.11 bits per heavy atom. The van der Waals surface area contributed by atoms with E-state index >= 15 is 0 Å². The summed E-state index contributed by atoms with van der Waals surface area (Å²) in [5.74, 6) is -0.202. The van der Waals surface area contributed by atoms with Crippen molar-refractivity contribution in [1.29, 1.82) is 0 Å². The van der Waals surface area contributed by atoms with Crippen molar-refractivity contribution in [2.24, 2.45) is 0 Å². The maximum absolute atomic E-state index is 13.4. The first kappa shape index (κ1) is 20.6. The molecule has 1 saturated heterocycles. The number of hydrogen-bond acceptors (Lipinski definition) is 3. The molecule has 2 aromatic carbocycles. The van der Waals surface area contributed by atoms with Crippen LogP contribution in [0.25, 0.3) is 0 Å². The minimum absolute atomic E-state index is 0.144. The minimum Gasteiger partial charge on any atom is -0.334 e. The second-order valence-electron chi connectivity index (χ2n) is 7.05. The summed E-state index contributed by atoms with van der Waals surface area (Å²) < 4.78 is 27.9. The first-order chi connectivity index (χ1) is 13.3. The largest absolute Gasteiger partial charge is 0.334 e. The Balaban J connectivity index is 1.98. The van der Waals surface area contributed by atoms with Gasteiger partial charge in [0.1, 0.15) is 6.54 Å². The van der Waals surface area contributed by atoms with Gasteiger partial charge in [0.05, 0.1) is 43.8 Å². The Bertz CT molecular complexity index is 942. The fraction of sp³-hybridized carbons (Fsp3) is 0.350. The molecule has 28 heavy (non-hydrogen) atoms. The lowest BCUT2D eigenvalue weighted by atomic mass is 10.2. The zero-order chi connectivity index (χ0) is 20.3. The molecule has 0 bridgehead atoms. The van der Waals surface area contributed by atoms with Crippen molar-refractivity contribution in [3.8, 4) is 0 Å². The Kier molecular flexibility index (Phi) is 6.27. The van der Waals surface area contributed by atoms with Gasteiger partial charge in [0.2, 0.25) is 5.91 Å². The van der Waals surface area contributed by atoms with Crippen LogP contribution in [0.2, 0.25) is 5.02 Å². The number of anilines is 1. The van der Waals surface area contributed by atoms with Crippen LogP contribution in [0.15, 0.2) is 53.4 Å². The Hall–Kier alpha value is -2.09. The van der Waals surface area contributed by atoms with Crippen molar-refractivity contribution in [2.75, 3.05) is 44.1 Å². The quantitative estimate of drug-likeness (QED) is 0.787. The molecule has 0 atom stereocenters. The summed E-state index contributed by atoms with van der Waals surface area (Å²) in [7, 11) is -1.83. The van der Waals surface area contributed by atoms with E-state index in [0.717, 1.165) is 13.1 Å². The van der Waals surface area contributed by atoms with E-state index in [-0.39, 0.29) is 17.3 Å². The highest BCUT2D eigenvalue weighted by atomic mass is 35.5. The van der Waals surface area contributed by atoms with Crippen molar-refractivity contribution in [3.05, 3.63) is 59.1 Å². The van der Waals surface area contributed by atoms with Gasteiger partial charge in [-0.1, -0.05) is 35.9 Å². The topological polar surface area (TPSA) is 62.1 Å². The van der Waals surface area contributed by atoms with E-state index in [2.05, 4.69) is 7.05 Å². The van der Waals surface area contributed by atoms with Crippen molar-refractivity contribution in [2.45, 2.75) is 11.8 Å². The molecule has 2 aromatic rings. The van der Waals surface area contributed by atoms with Gasteiger partial charge in [-0.15, -0.1) is 0 Å². The molecule has 150 valence electrons. The predicted molar refractivity (Wildman–Crippen MR) is 110 cm³/mol. The van der Waals surface area contributed by atoms with E-state index < -0.39 is 10.0 Å². The SMILES string of the molecule is Cc1c(Cl)cccc1N(CC(=O)N1CC[NH+](C)CC1)S(=O)(=O)c1ccccc1. The van der Waals surface area contributed by atoms with Crippen LogP contribution in [0.4, 0.5) is 5.69 Å². The maximum Gasteiger partial charge on any atom is 0.264 e. The molecule has 1 heterocycles. The summed E-state index contributed by atoms with van der Waals surface area (Å²) in [5.41, 5.74) is 1.05. The number of piperazine rings is 1. The summed E-state index contributed by atoms with van der Waals surface area (Å²) in [6, 6.07) is 13.2. The monoisotopic (exact) mass is 422 g/mol.